The van der Waals surface area contributed by atoms with E-state index < -0.39 is 29.2 Å². The van der Waals surface area contributed by atoms with Crippen molar-refractivity contribution in [3.63, 3.8) is 0 Å². The number of halogens is 1. The van der Waals surface area contributed by atoms with E-state index in [1.54, 1.807) is 12.1 Å². The summed E-state index contributed by atoms with van der Waals surface area (Å²) in [7, 11) is 0. The third-order valence-corrected chi connectivity index (χ3v) is 5.13. The Morgan fingerprint density at radius 2 is 1.84 bits per heavy atom. The number of benzene rings is 2. The molecule has 162 valence electrons. The maximum Gasteiger partial charge on any atom is 0.280 e. The SMILES string of the molecule is Cc1ccc(C)c(N(C(=O)c2csnn2)[C@H](C(=O)NC(C)(C)C)c2ccccc2F)c1. The van der Waals surface area contributed by atoms with Crippen molar-refractivity contribution in [2.75, 3.05) is 4.90 Å². The average Bonchev–Trinajstić information content (AvgIpc) is 3.22. The van der Waals surface area contributed by atoms with Gasteiger partial charge >= 0.3 is 0 Å². The Balaban J connectivity index is 2.26. The smallest absolute Gasteiger partial charge is 0.280 e. The lowest BCUT2D eigenvalue weighted by molar-refractivity contribution is -0.124. The number of rotatable bonds is 5. The number of aryl methyl sites for hydroxylation is 2. The van der Waals surface area contributed by atoms with E-state index in [0.717, 1.165) is 22.7 Å². The normalized spacial score (nSPS) is 12.3. The molecule has 0 saturated heterocycles. The van der Waals surface area contributed by atoms with Crippen molar-refractivity contribution in [1.29, 1.82) is 0 Å². The topological polar surface area (TPSA) is 75.2 Å². The second-order valence-corrected chi connectivity index (χ2v) is 9.03. The summed E-state index contributed by atoms with van der Waals surface area (Å²) in [5.41, 5.74) is 1.79. The molecule has 1 atom stereocenters. The third kappa shape index (κ3) is 5.14. The maximum atomic E-state index is 15.0. The summed E-state index contributed by atoms with van der Waals surface area (Å²) in [5.74, 6) is -1.59. The first kappa shape index (κ1) is 22.6. The van der Waals surface area contributed by atoms with Gasteiger partial charge in [0.15, 0.2) is 5.69 Å². The van der Waals surface area contributed by atoms with Crippen LogP contribution in [-0.4, -0.2) is 26.9 Å². The molecule has 1 aromatic heterocycles. The number of hydrogen-bond donors (Lipinski definition) is 1. The second-order valence-electron chi connectivity index (χ2n) is 8.42. The Morgan fingerprint density at radius 1 is 1.13 bits per heavy atom. The minimum atomic E-state index is -1.24. The van der Waals surface area contributed by atoms with Crippen LogP contribution in [0.4, 0.5) is 10.1 Å². The van der Waals surface area contributed by atoms with Crippen LogP contribution in [0.15, 0.2) is 47.8 Å². The van der Waals surface area contributed by atoms with Crippen molar-refractivity contribution < 1.29 is 14.0 Å². The molecule has 0 fully saturated rings. The first-order chi connectivity index (χ1) is 14.6. The molecule has 31 heavy (non-hydrogen) atoms. The number of carbonyl (C=O) groups excluding carboxylic acids is 2. The number of hydrogen-bond acceptors (Lipinski definition) is 5. The highest BCUT2D eigenvalue weighted by Gasteiger charge is 2.37. The van der Waals surface area contributed by atoms with E-state index in [4.69, 9.17) is 0 Å². The quantitative estimate of drug-likeness (QED) is 0.629. The van der Waals surface area contributed by atoms with Crippen LogP contribution in [0, 0.1) is 19.7 Å². The summed E-state index contributed by atoms with van der Waals surface area (Å²) in [5, 5.41) is 8.31. The van der Waals surface area contributed by atoms with Crippen molar-refractivity contribution in [2.45, 2.75) is 46.2 Å². The predicted molar refractivity (Wildman–Crippen MR) is 120 cm³/mol. The summed E-state index contributed by atoms with van der Waals surface area (Å²) >= 11 is 1.03. The van der Waals surface area contributed by atoms with Gasteiger partial charge in [-0.05, 0) is 69.4 Å². The van der Waals surface area contributed by atoms with Crippen LogP contribution in [0.1, 0.15) is 54.0 Å². The van der Waals surface area contributed by atoms with Crippen LogP contribution in [0.5, 0.6) is 0 Å². The summed E-state index contributed by atoms with van der Waals surface area (Å²) in [6, 6.07) is 10.3. The van der Waals surface area contributed by atoms with E-state index in [1.807, 2.05) is 52.8 Å². The van der Waals surface area contributed by atoms with Crippen molar-refractivity contribution in [1.82, 2.24) is 14.9 Å². The van der Waals surface area contributed by atoms with Gasteiger partial charge in [-0.15, -0.1) is 5.10 Å². The maximum absolute atomic E-state index is 15.0. The molecular weight excluding hydrogens is 415 g/mol. The molecule has 2 aromatic carbocycles. The van der Waals surface area contributed by atoms with Gasteiger partial charge in [0.1, 0.15) is 11.9 Å². The lowest BCUT2D eigenvalue weighted by atomic mass is 9.98. The number of anilines is 1. The van der Waals surface area contributed by atoms with Crippen molar-refractivity contribution in [3.8, 4) is 0 Å². The van der Waals surface area contributed by atoms with Crippen LogP contribution in [-0.2, 0) is 4.79 Å². The van der Waals surface area contributed by atoms with Crippen LogP contribution in [0.3, 0.4) is 0 Å². The van der Waals surface area contributed by atoms with Crippen LogP contribution >= 0.6 is 11.5 Å². The van der Waals surface area contributed by atoms with Gasteiger partial charge in [-0.2, -0.15) is 0 Å². The average molecular weight is 441 g/mol. The van der Waals surface area contributed by atoms with Gasteiger partial charge in [0.05, 0.1) is 0 Å². The number of nitrogens with one attached hydrogen (secondary N) is 1. The summed E-state index contributed by atoms with van der Waals surface area (Å²) in [6.07, 6.45) is 0. The molecule has 6 nitrogen and oxygen atoms in total. The monoisotopic (exact) mass is 440 g/mol. The van der Waals surface area contributed by atoms with E-state index in [9.17, 15) is 14.0 Å². The van der Waals surface area contributed by atoms with Gasteiger partial charge in [-0.3, -0.25) is 14.5 Å². The minimum Gasteiger partial charge on any atom is -0.349 e. The molecule has 0 saturated carbocycles. The van der Waals surface area contributed by atoms with Gasteiger partial charge in [0.2, 0.25) is 5.91 Å². The van der Waals surface area contributed by atoms with Crippen molar-refractivity contribution in [2.24, 2.45) is 0 Å². The van der Waals surface area contributed by atoms with Gasteiger partial charge in [-0.25, -0.2) is 4.39 Å². The van der Waals surface area contributed by atoms with Gasteiger partial charge in [0.25, 0.3) is 5.91 Å². The fraction of sp³-hybridized carbons (Fsp3) is 0.304. The van der Waals surface area contributed by atoms with E-state index in [0.29, 0.717) is 5.69 Å². The molecule has 0 aliphatic rings. The molecule has 0 aliphatic heterocycles. The number of amides is 2. The number of nitrogens with zero attached hydrogens (tertiary/aromatic N) is 3. The molecule has 8 heteroatoms. The van der Waals surface area contributed by atoms with Gasteiger partial charge in [-0.1, -0.05) is 34.8 Å². The first-order valence-corrected chi connectivity index (χ1v) is 10.7. The zero-order valence-corrected chi connectivity index (χ0v) is 19.0. The highest BCUT2D eigenvalue weighted by molar-refractivity contribution is 7.03. The molecule has 0 aliphatic carbocycles. The molecule has 3 rings (SSSR count). The predicted octanol–water partition coefficient (Wildman–Crippen LogP) is 4.60. The van der Waals surface area contributed by atoms with Crippen molar-refractivity contribution >= 4 is 29.0 Å². The van der Waals surface area contributed by atoms with Gasteiger partial charge < -0.3 is 5.32 Å². The lowest BCUT2D eigenvalue weighted by Crippen LogP contribution is -2.50. The summed E-state index contributed by atoms with van der Waals surface area (Å²) in [4.78, 5) is 28.4. The molecule has 3 aromatic rings. The molecule has 2 amide bonds. The lowest BCUT2D eigenvalue weighted by Gasteiger charge is -2.34. The summed E-state index contributed by atoms with van der Waals surface area (Å²) in [6.45, 7) is 9.23. The number of aromatic nitrogens is 2. The number of carbonyl (C=O) groups is 2. The Labute approximate surface area is 185 Å². The zero-order valence-electron chi connectivity index (χ0n) is 18.1. The Morgan fingerprint density at radius 3 is 2.45 bits per heavy atom. The van der Waals surface area contributed by atoms with Crippen LogP contribution in [0.25, 0.3) is 0 Å². The van der Waals surface area contributed by atoms with E-state index in [1.165, 1.54) is 22.4 Å². The highest BCUT2D eigenvalue weighted by atomic mass is 32.1. The Bertz CT molecular complexity index is 1090. The third-order valence-electron chi connectivity index (χ3n) is 4.63. The zero-order chi connectivity index (χ0) is 22.8. The molecular formula is C23H25FN4O2S. The molecule has 1 N–H and O–H groups in total. The molecule has 0 unspecified atom stereocenters. The van der Waals surface area contributed by atoms with E-state index >= 15 is 0 Å². The second kappa shape index (κ2) is 8.93. The molecule has 0 spiro atoms. The molecule has 0 radical (unpaired) electrons. The Kier molecular flexibility index (Phi) is 6.50. The molecule has 0 bridgehead atoms. The van der Waals surface area contributed by atoms with Crippen LogP contribution in [0.2, 0.25) is 0 Å². The van der Waals surface area contributed by atoms with E-state index in [2.05, 4.69) is 14.9 Å². The Hall–Kier alpha value is -3.13. The highest BCUT2D eigenvalue weighted by Crippen LogP contribution is 2.34. The van der Waals surface area contributed by atoms with Crippen molar-refractivity contribution in [3.05, 3.63) is 76.0 Å². The fourth-order valence-corrected chi connectivity index (χ4v) is 3.69. The summed E-state index contributed by atoms with van der Waals surface area (Å²) < 4.78 is 18.7. The van der Waals surface area contributed by atoms with Gasteiger partial charge in [0, 0.05) is 22.2 Å². The largest absolute Gasteiger partial charge is 0.349 e. The van der Waals surface area contributed by atoms with E-state index in [-0.39, 0.29) is 11.3 Å². The van der Waals surface area contributed by atoms with Crippen LogP contribution < -0.4 is 10.2 Å². The fourth-order valence-electron chi connectivity index (χ4n) is 3.26. The molecule has 1 heterocycles. The first-order valence-electron chi connectivity index (χ1n) is 9.83. The minimum absolute atomic E-state index is 0.0933. The standard InChI is InChI=1S/C23H25FN4O2S/c1-14-10-11-15(2)19(12-14)28(22(30)18-13-31-27-26-18)20(21(29)25-23(3,4)5)16-8-6-7-9-17(16)24/h6-13,20H,1-5H3,(H,25,29)/t20-/m0/s1.